The third-order valence-corrected chi connectivity index (χ3v) is 4.76. The Morgan fingerprint density at radius 3 is 2.35 bits per heavy atom. The van der Waals surface area contributed by atoms with E-state index >= 15 is 0 Å². The maximum absolute atomic E-state index is 12.4. The lowest BCUT2D eigenvalue weighted by molar-refractivity contribution is -0.120. The Balaban J connectivity index is 1.72. The summed E-state index contributed by atoms with van der Waals surface area (Å²) >= 11 is 0. The molecule has 2 bridgehead atoms. The van der Waals surface area contributed by atoms with Gasteiger partial charge in [-0.1, -0.05) is 0 Å². The largest absolute Gasteiger partial charge is 0.444 e. The van der Waals surface area contributed by atoms with Crippen LogP contribution in [0.25, 0.3) is 0 Å². The van der Waals surface area contributed by atoms with Gasteiger partial charge >= 0.3 is 6.09 Å². The zero-order valence-electron chi connectivity index (χ0n) is 12.6. The molecule has 20 heavy (non-hydrogen) atoms. The van der Waals surface area contributed by atoms with E-state index in [4.69, 9.17) is 4.74 Å². The summed E-state index contributed by atoms with van der Waals surface area (Å²) in [6.45, 7) is 6.48. The molecule has 112 valence electrons. The van der Waals surface area contributed by atoms with Crippen LogP contribution in [0.2, 0.25) is 0 Å². The summed E-state index contributed by atoms with van der Waals surface area (Å²) in [5.74, 6) is 0.162. The molecule has 0 aliphatic carbocycles. The highest BCUT2D eigenvalue weighted by molar-refractivity contribution is 5.79. The van der Waals surface area contributed by atoms with E-state index in [1.807, 2.05) is 25.7 Å². The van der Waals surface area contributed by atoms with Gasteiger partial charge in [0.1, 0.15) is 5.60 Å². The van der Waals surface area contributed by atoms with Crippen molar-refractivity contribution in [2.75, 3.05) is 6.54 Å². The smallest absolute Gasteiger partial charge is 0.410 e. The number of piperidine rings is 1. The van der Waals surface area contributed by atoms with E-state index in [9.17, 15) is 9.59 Å². The SMILES string of the molecule is CC(C)(C)OC(=O)N1[C@@H]2CC[C@H]1CC1(CNC(=O)C1)C2. The van der Waals surface area contributed by atoms with Gasteiger partial charge in [0, 0.05) is 30.5 Å². The van der Waals surface area contributed by atoms with Crippen molar-refractivity contribution >= 4 is 12.0 Å². The summed E-state index contributed by atoms with van der Waals surface area (Å²) in [5.41, 5.74) is -0.363. The van der Waals surface area contributed by atoms with Gasteiger partial charge in [-0.25, -0.2) is 4.79 Å². The number of nitrogens with zero attached hydrogens (tertiary/aromatic N) is 1. The molecule has 0 radical (unpaired) electrons. The summed E-state index contributed by atoms with van der Waals surface area (Å²) < 4.78 is 5.53. The van der Waals surface area contributed by atoms with Crippen LogP contribution in [0.1, 0.15) is 52.9 Å². The minimum Gasteiger partial charge on any atom is -0.444 e. The number of nitrogens with one attached hydrogen (secondary N) is 1. The van der Waals surface area contributed by atoms with E-state index in [1.54, 1.807) is 0 Å². The molecule has 2 amide bonds. The van der Waals surface area contributed by atoms with Gasteiger partial charge in [-0.05, 0) is 46.5 Å². The number of hydrogen-bond donors (Lipinski definition) is 1. The molecule has 3 rings (SSSR count). The predicted molar refractivity (Wildman–Crippen MR) is 74.2 cm³/mol. The molecule has 0 aromatic heterocycles. The Bertz CT molecular complexity index is 427. The molecule has 0 aromatic rings. The first kappa shape index (κ1) is 13.7. The van der Waals surface area contributed by atoms with Crippen LogP contribution < -0.4 is 5.32 Å². The Morgan fingerprint density at radius 1 is 1.30 bits per heavy atom. The first-order valence-electron chi connectivity index (χ1n) is 7.56. The normalized spacial score (nSPS) is 36.4. The second kappa shape index (κ2) is 4.37. The van der Waals surface area contributed by atoms with Gasteiger partial charge in [0.05, 0.1) is 0 Å². The molecule has 0 aromatic carbocycles. The molecule has 5 nitrogen and oxygen atoms in total. The van der Waals surface area contributed by atoms with Gasteiger partial charge in [-0.2, -0.15) is 0 Å². The van der Waals surface area contributed by atoms with E-state index in [0.29, 0.717) is 6.42 Å². The van der Waals surface area contributed by atoms with Crippen LogP contribution >= 0.6 is 0 Å². The second-order valence-electron chi connectivity index (χ2n) is 7.63. The summed E-state index contributed by atoms with van der Waals surface area (Å²) in [5, 5.41) is 2.96. The Hall–Kier alpha value is -1.26. The molecule has 3 fully saturated rings. The number of hydrogen-bond acceptors (Lipinski definition) is 3. The zero-order chi connectivity index (χ0) is 14.5. The van der Waals surface area contributed by atoms with Gasteiger partial charge in [0.15, 0.2) is 0 Å². The van der Waals surface area contributed by atoms with Crippen molar-refractivity contribution in [2.24, 2.45) is 5.41 Å². The third-order valence-electron chi connectivity index (χ3n) is 4.76. The number of ether oxygens (including phenoxy) is 1. The van der Waals surface area contributed by atoms with Crippen molar-refractivity contribution in [1.29, 1.82) is 0 Å². The quantitative estimate of drug-likeness (QED) is 0.739. The minimum atomic E-state index is -0.448. The maximum atomic E-state index is 12.4. The van der Waals surface area contributed by atoms with Gasteiger partial charge < -0.3 is 15.0 Å². The fraction of sp³-hybridized carbons (Fsp3) is 0.867. The Labute approximate surface area is 120 Å². The summed E-state index contributed by atoms with van der Waals surface area (Å²) in [7, 11) is 0. The van der Waals surface area contributed by atoms with E-state index < -0.39 is 5.60 Å². The molecule has 3 aliphatic rings. The van der Waals surface area contributed by atoms with Gasteiger partial charge in [0.2, 0.25) is 5.91 Å². The standard InChI is InChI=1S/C15H24N2O3/c1-14(2,3)20-13(19)17-10-4-5-11(17)7-15(6-10)8-12(18)16-9-15/h10-11H,4-9H2,1-3H3,(H,16,18)/t10-,11+,15?. The highest BCUT2D eigenvalue weighted by Gasteiger charge is 2.53. The fourth-order valence-electron chi connectivity index (χ4n) is 4.10. The van der Waals surface area contributed by atoms with Crippen LogP contribution in [0.3, 0.4) is 0 Å². The first-order valence-corrected chi connectivity index (χ1v) is 7.56. The molecular formula is C15H24N2O3. The number of fused-ring (bicyclic) bond motifs is 2. The van der Waals surface area contributed by atoms with Crippen LogP contribution in [0.15, 0.2) is 0 Å². The topological polar surface area (TPSA) is 58.6 Å². The van der Waals surface area contributed by atoms with Crippen molar-refractivity contribution in [1.82, 2.24) is 10.2 Å². The molecule has 0 saturated carbocycles. The Kier molecular flexibility index (Phi) is 2.99. The molecule has 3 saturated heterocycles. The van der Waals surface area contributed by atoms with Crippen molar-refractivity contribution in [2.45, 2.75) is 70.6 Å². The summed E-state index contributed by atoms with van der Waals surface area (Å²) in [4.78, 5) is 25.8. The number of rotatable bonds is 0. The van der Waals surface area contributed by atoms with Crippen molar-refractivity contribution in [3.63, 3.8) is 0 Å². The molecule has 1 N–H and O–H groups in total. The van der Waals surface area contributed by atoms with Gasteiger partial charge in [-0.15, -0.1) is 0 Å². The predicted octanol–water partition coefficient (Wildman–Crippen LogP) is 2.05. The molecule has 1 unspecified atom stereocenters. The summed E-state index contributed by atoms with van der Waals surface area (Å²) in [6.07, 6.45) is 4.39. The van der Waals surface area contributed by atoms with E-state index in [1.165, 1.54) is 0 Å². The fourth-order valence-corrected chi connectivity index (χ4v) is 4.10. The van der Waals surface area contributed by atoms with Crippen LogP contribution in [0.4, 0.5) is 4.79 Å². The van der Waals surface area contributed by atoms with Crippen molar-refractivity contribution in [3.05, 3.63) is 0 Å². The second-order valence-corrected chi connectivity index (χ2v) is 7.63. The van der Waals surface area contributed by atoms with Crippen LogP contribution in [0.5, 0.6) is 0 Å². The first-order chi connectivity index (χ1) is 9.28. The average Bonchev–Trinajstić information content (AvgIpc) is 2.77. The van der Waals surface area contributed by atoms with Gasteiger partial charge in [-0.3, -0.25) is 4.79 Å². The molecule has 1 spiro atoms. The molecule has 3 atom stereocenters. The molecular weight excluding hydrogens is 256 g/mol. The Morgan fingerprint density at radius 2 is 1.90 bits per heavy atom. The zero-order valence-corrected chi connectivity index (χ0v) is 12.6. The highest BCUT2D eigenvalue weighted by atomic mass is 16.6. The molecule has 3 aliphatic heterocycles. The maximum Gasteiger partial charge on any atom is 0.410 e. The van der Waals surface area contributed by atoms with Crippen LogP contribution in [0, 0.1) is 5.41 Å². The molecule has 5 heteroatoms. The number of carbonyl (C=O) groups excluding carboxylic acids is 2. The van der Waals surface area contributed by atoms with Crippen LogP contribution in [-0.2, 0) is 9.53 Å². The van der Waals surface area contributed by atoms with Gasteiger partial charge in [0.25, 0.3) is 0 Å². The highest BCUT2D eigenvalue weighted by Crippen LogP contribution is 2.49. The lowest BCUT2D eigenvalue weighted by Crippen LogP contribution is -2.52. The lowest BCUT2D eigenvalue weighted by Gasteiger charge is -2.44. The van der Waals surface area contributed by atoms with Crippen LogP contribution in [-0.4, -0.2) is 41.1 Å². The van der Waals surface area contributed by atoms with Crippen molar-refractivity contribution in [3.8, 4) is 0 Å². The number of carbonyl (C=O) groups is 2. The monoisotopic (exact) mass is 280 g/mol. The number of amides is 2. The minimum absolute atomic E-state index is 0.0848. The van der Waals surface area contributed by atoms with Crippen molar-refractivity contribution < 1.29 is 14.3 Å². The van der Waals surface area contributed by atoms with E-state index in [2.05, 4.69) is 5.32 Å². The summed E-state index contributed by atoms with van der Waals surface area (Å²) in [6, 6.07) is 0.493. The third kappa shape index (κ3) is 2.38. The van der Waals surface area contributed by atoms with E-state index in [-0.39, 0.29) is 29.5 Å². The average molecular weight is 280 g/mol. The van der Waals surface area contributed by atoms with E-state index in [0.717, 1.165) is 32.2 Å². The molecule has 3 heterocycles. The lowest BCUT2D eigenvalue weighted by atomic mass is 9.74.